The molecule has 2 atom stereocenters. The van der Waals surface area contributed by atoms with Crippen LogP contribution in [0, 0.1) is 11.3 Å². The molecule has 0 N–H and O–H groups in total. The van der Waals surface area contributed by atoms with Crippen molar-refractivity contribution in [2.45, 2.75) is 79.9 Å². The SMILES string of the molecule is CCCCCCOc1nsnc1C1=CCC[N+](C)(C(OC(=O)OCC(C)C)C(C)(C)C)C1. The summed E-state index contributed by atoms with van der Waals surface area (Å²) in [4.78, 5) is 12.4. The Labute approximate surface area is 198 Å². The molecule has 2 rings (SSSR count). The highest BCUT2D eigenvalue weighted by molar-refractivity contribution is 6.99. The monoisotopic (exact) mass is 468 g/mol. The summed E-state index contributed by atoms with van der Waals surface area (Å²) in [7, 11) is 2.14. The third-order valence-corrected chi connectivity index (χ3v) is 6.12. The number of nitrogens with zero attached hydrogens (tertiary/aromatic N) is 3. The van der Waals surface area contributed by atoms with Gasteiger partial charge in [0, 0.05) is 12.0 Å². The molecule has 1 aliphatic heterocycles. The molecule has 1 aromatic heterocycles. The Balaban J connectivity index is 2.12. The molecule has 0 aliphatic carbocycles. The minimum absolute atomic E-state index is 0.257. The summed E-state index contributed by atoms with van der Waals surface area (Å²) in [6, 6.07) is 0. The number of ether oxygens (including phenoxy) is 3. The molecule has 8 heteroatoms. The predicted octanol–water partition coefficient (Wildman–Crippen LogP) is 5.91. The minimum atomic E-state index is -0.597. The molecule has 182 valence electrons. The van der Waals surface area contributed by atoms with Crippen molar-refractivity contribution in [2.75, 3.05) is 33.4 Å². The summed E-state index contributed by atoms with van der Waals surface area (Å²) in [5.74, 6) is 0.887. The number of aromatic nitrogens is 2. The number of likely N-dealkylation sites (N-methyl/N-ethyl adjacent to an activating group) is 1. The van der Waals surface area contributed by atoms with Crippen molar-refractivity contribution in [3.05, 3.63) is 11.8 Å². The number of carbonyl (C=O) groups is 1. The fraction of sp³-hybridized carbons (Fsp3) is 0.792. The maximum Gasteiger partial charge on any atom is 0.512 e. The van der Waals surface area contributed by atoms with Crippen LogP contribution in [0.3, 0.4) is 0 Å². The van der Waals surface area contributed by atoms with Crippen LogP contribution in [-0.4, -0.2) is 59.0 Å². The minimum Gasteiger partial charge on any atom is -0.475 e. The second-order valence-electron chi connectivity index (χ2n) is 10.5. The Hall–Kier alpha value is -1.67. The van der Waals surface area contributed by atoms with Crippen molar-refractivity contribution >= 4 is 23.5 Å². The quantitative estimate of drug-likeness (QED) is 0.228. The second-order valence-corrected chi connectivity index (χ2v) is 11.0. The van der Waals surface area contributed by atoms with E-state index in [9.17, 15) is 4.79 Å². The van der Waals surface area contributed by atoms with E-state index in [0.29, 0.717) is 30.1 Å². The molecule has 0 radical (unpaired) electrons. The van der Waals surface area contributed by atoms with Gasteiger partial charge in [-0.2, -0.15) is 4.37 Å². The number of unbranched alkanes of at least 4 members (excludes halogenated alkanes) is 3. The fourth-order valence-corrected chi connectivity index (χ4v) is 4.74. The fourth-order valence-electron chi connectivity index (χ4n) is 4.21. The first-order valence-corrected chi connectivity index (χ1v) is 12.6. The lowest BCUT2D eigenvalue weighted by molar-refractivity contribution is -0.954. The lowest BCUT2D eigenvalue weighted by Crippen LogP contribution is -2.61. The number of rotatable bonds is 11. The maximum atomic E-state index is 12.4. The van der Waals surface area contributed by atoms with Gasteiger partial charge in [0.2, 0.25) is 6.23 Å². The number of hydrogen-bond acceptors (Lipinski definition) is 7. The molecule has 0 saturated heterocycles. The van der Waals surface area contributed by atoms with Crippen LogP contribution >= 0.6 is 11.7 Å². The van der Waals surface area contributed by atoms with Crippen LogP contribution in [0.2, 0.25) is 0 Å². The van der Waals surface area contributed by atoms with Crippen LogP contribution in [0.15, 0.2) is 6.08 Å². The van der Waals surface area contributed by atoms with Crippen LogP contribution in [0.5, 0.6) is 5.88 Å². The van der Waals surface area contributed by atoms with E-state index in [1.807, 2.05) is 13.8 Å². The third kappa shape index (κ3) is 7.73. The molecule has 32 heavy (non-hydrogen) atoms. The highest BCUT2D eigenvalue weighted by atomic mass is 32.1. The van der Waals surface area contributed by atoms with Gasteiger partial charge < -0.3 is 14.2 Å². The predicted molar refractivity (Wildman–Crippen MR) is 129 cm³/mol. The van der Waals surface area contributed by atoms with Gasteiger partial charge in [0.1, 0.15) is 12.2 Å². The average Bonchev–Trinajstić information content (AvgIpc) is 3.18. The molecule has 0 spiro atoms. The van der Waals surface area contributed by atoms with E-state index in [2.05, 4.69) is 49.6 Å². The van der Waals surface area contributed by atoms with Gasteiger partial charge in [0.15, 0.2) is 0 Å². The van der Waals surface area contributed by atoms with Crippen LogP contribution in [0.4, 0.5) is 4.79 Å². The van der Waals surface area contributed by atoms with E-state index in [4.69, 9.17) is 14.2 Å². The van der Waals surface area contributed by atoms with Crippen molar-refractivity contribution in [3.8, 4) is 5.88 Å². The van der Waals surface area contributed by atoms with E-state index in [-0.39, 0.29) is 17.6 Å². The van der Waals surface area contributed by atoms with Gasteiger partial charge in [-0.1, -0.05) is 66.9 Å². The van der Waals surface area contributed by atoms with Gasteiger partial charge in [-0.05, 0) is 12.3 Å². The molecular formula is C24H42N3O4S+. The van der Waals surface area contributed by atoms with Crippen molar-refractivity contribution in [1.29, 1.82) is 0 Å². The van der Waals surface area contributed by atoms with Gasteiger partial charge in [-0.3, -0.25) is 4.48 Å². The van der Waals surface area contributed by atoms with E-state index in [0.717, 1.165) is 30.7 Å². The molecule has 1 aliphatic rings. The molecular weight excluding hydrogens is 426 g/mol. The second kappa shape index (κ2) is 12.0. The van der Waals surface area contributed by atoms with Crippen molar-refractivity contribution in [2.24, 2.45) is 11.3 Å². The van der Waals surface area contributed by atoms with E-state index in [1.54, 1.807) is 0 Å². The lowest BCUT2D eigenvalue weighted by Gasteiger charge is -2.47. The summed E-state index contributed by atoms with van der Waals surface area (Å²) in [5.41, 5.74) is 1.67. The maximum absolute atomic E-state index is 12.4. The van der Waals surface area contributed by atoms with Crippen LogP contribution < -0.4 is 4.74 Å². The van der Waals surface area contributed by atoms with Crippen LogP contribution in [0.25, 0.3) is 5.57 Å². The third-order valence-electron chi connectivity index (χ3n) is 5.61. The first kappa shape index (κ1) is 26.6. The van der Waals surface area contributed by atoms with E-state index in [1.165, 1.54) is 31.0 Å². The Bertz CT molecular complexity index is 757. The lowest BCUT2D eigenvalue weighted by atomic mass is 9.90. The normalized spacial score (nSPS) is 20.1. The first-order chi connectivity index (χ1) is 15.1. The largest absolute Gasteiger partial charge is 0.512 e. The molecule has 0 fully saturated rings. The van der Waals surface area contributed by atoms with Gasteiger partial charge in [0.25, 0.3) is 5.88 Å². The van der Waals surface area contributed by atoms with Gasteiger partial charge in [-0.25, -0.2) is 4.79 Å². The molecule has 0 bridgehead atoms. The molecule has 2 unspecified atom stereocenters. The first-order valence-electron chi connectivity index (χ1n) is 11.9. The van der Waals surface area contributed by atoms with E-state index < -0.39 is 6.16 Å². The number of carbonyl (C=O) groups excluding carboxylic acids is 1. The summed E-state index contributed by atoms with van der Waals surface area (Å²) in [6.07, 6.45) is 6.76. The molecule has 0 amide bonds. The van der Waals surface area contributed by atoms with Crippen molar-refractivity contribution in [1.82, 2.24) is 8.75 Å². The Kier molecular flexibility index (Phi) is 9.95. The summed E-state index contributed by atoms with van der Waals surface area (Å²) in [6.45, 7) is 15.1. The molecule has 0 aromatic carbocycles. The summed E-state index contributed by atoms with van der Waals surface area (Å²) >= 11 is 1.18. The Morgan fingerprint density at radius 2 is 1.97 bits per heavy atom. The van der Waals surface area contributed by atoms with Gasteiger partial charge >= 0.3 is 6.16 Å². The van der Waals surface area contributed by atoms with Crippen LogP contribution in [0.1, 0.15) is 79.3 Å². The van der Waals surface area contributed by atoms with Crippen molar-refractivity contribution in [3.63, 3.8) is 0 Å². The highest BCUT2D eigenvalue weighted by Gasteiger charge is 2.46. The molecule has 2 heterocycles. The van der Waals surface area contributed by atoms with Gasteiger partial charge in [-0.15, -0.1) is 4.37 Å². The standard InChI is InChI=1S/C24H42N3O4S/c1-8-9-10-11-15-29-21-20(25-32-26-21)19-13-12-14-27(7,16-19)22(24(4,5)6)31-23(28)30-17-18(2)3/h13,18,22H,8-12,14-17H2,1-7H3/q+1. The number of hydrogen-bond donors (Lipinski definition) is 0. The zero-order valence-electron chi connectivity index (χ0n) is 21.0. The van der Waals surface area contributed by atoms with Gasteiger partial charge in [0.05, 0.1) is 43.9 Å². The Morgan fingerprint density at radius 3 is 2.62 bits per heavy atom. The van der Waals surface area contributed by atoms with Crippen LogP contribution in [-0.2, 0) is 9.47 Å². The number of quaternary nitrogens is 1. The average molecular weight is 469 g/mol. The zero-order chi connectivity index (χ0) is 23.8. The zero-order valence-corrected chi connectivity index (χ0v) is 21.8. The molecule has 7 nitrogen and oxygen atoms in total. The highest BCUT2D eigenvalue weighted by Crippen LogP contribution is 2.37. The summed E-state index contributed by atoms with van der Waals surface area (Å²) < 4.78 is 26.7. The topological polar surface area (TPSA) is 70.5 Å². The molecule has 0 saturated carbocycles. The van der Waals surface area contributed by atoms with E-state index >= 15 is 0 Å². The molecule has 1 aromatic rings. The smallest absolute Gasteiger partial charge is 0.475 e. The van der Waals surface area contributed by atoms with Crippen molar-refractivity contribution < 1.29 is 23.5 Å². The summed E-state index contributed by atoms with van der Waals surface area (Å²) in [5, 5.41) is 0. The Morgan fingerprint density at radius 1 is 1.22 bits per heavy atom.